The standard InChI is InChI=1S/C25H30ClN5O3S/c1-5-31-23(21(14-16(2)3)28-24(33)19-8-6-7-9-20(19)26)29-30-25(31)35-15-22(32)27-17-10-12-18(34-4)13-11-17/h6-13,16,21H,5,14-15H2,1-4H3,(H,27,32)(H,28,33)/t21-/m0/s1. The number of nitrogens with zero attached hydrogens (tertiary/aromatic N) is 3. The molecule has 0 fully saturated rings. The summed E-state index contributed by atoms with van der Waals surface area (Å²) in [6.07, 6.45) is 0.678. The Morgan fingerprint density at radius 3 is 2.46 bits per heavy atom. The average Bonchev–Trinajstić information content (AvgIpc) is 3.25. The minimum atomic E-state index is -0.353. The van der Waals surface area contributed by atoms with Crippen LogP contribution in [0.25, 0.3) is 0 Å². The normalized spacial score (nSPS) is 11.8. The molecule has 8 nitrogen and oxygen atoms in total. The van der Waals surface area contributed by atoms with Gasteiger partial charge in [0.05, 0.1) is 29.5 Å². The molecule has 0 radical (unpaired) electrons. The Hall–Kier alpha value is -3.04. The molecule has 2 amide bonds. The van der Waals surface area contributed by atoms with Gasteiger partial charge in [-0.05, 0) is 55.7 Å². The number of ether oxygens (including phenoxy) is 1. The average molecular weight is 516 g/mol. The predicted octanol–water partition coefficient (Wildman–Crippen LogP) is 5.21. The zero-order chi connectivity index (χ0) is 25.4. The van der Waals surface area contributed by atoms with E-state index in [0.29, 0.717) is 46.1 Å². The minimum Gasteiger partial charge on any atom is -0.497 e. The van der Waals surface area contributed by atoms with Gasteiger partial charge in [-0.25, -0.2) is 0 Å². The van der Waals surface area contributed by atoms with Crippen molar-refractivity contribution in [3.05, 3.63) is 64.9 Å². The molecule has 35 heavy (non-hydrogen) atoms. The van der Waals surface area contributed by atoms with Gasteiger partial charge >= 0.3 is 0 Å². The number of carbonyl (C=O) groups excluding carboxylic acids is 2. The van der Waals surface area contributed by atoms with Crippen LogP contribution in [0, 0.1) is 5.92 Å². The molecule has 186 valence electrons. The van der Waals surface area contributed by atoms with Gasteiger partial charge in [0.2, 0.25) is 5.91 Å². The minimum absolute atomic E-state index is 0.155. The van der Waals surface area contributed by atoms with Crippen molar-refractivity contribution in [2.75, 3.05) is 18.2 Å². The fourth-order valence-corrected chi connectivity index (χ4v) is 4.58. The van der Waals surface area contributed by atoms with E-state index in [1.165, 1.54) is 11.8 Å². The highest BCUT2D eigenvalue weighted by Gasteiger charge is 2.25. The Morgan fingerprint density at radius 1 is 1.11 bits per heavy atom. The lowest BCUT2D eigenvalue weighted by Gasteiger charge is -2.21. The van der Waals surface area contributed by atoms with E-state index in [1.807, 2.05) is 11.5 Å². The van der Waals surface area contributed by atoms with Gasteiger partial charge in [0.15, 0.2) is 11.0 Å². The lowest BCUT2D eigenvalue weighted by Crippen LogP contribution is -2.31. The largest absolute Gasteiger partial charge is 0.497 e. The van der Waals surface area contributed by atoms with E-state index in [-0.39, 0.29) is 23.6 Å². The van der Waals surface area contributed by atoms with Crippen molar-refractivity contribution in [2.45, 2.75) is 44.9 Å². The molecule has 3 aromatic rings. The second kappa shape index (κ2) is 12.6. The molecule has 3 rings (SSSR count). The maximum atomic E-state index is 12.9. The number of hydrogen-bond acceptors (Lipinski definition) is 6. The number of nitrogens with one attached hydrogen (secondary N) is 2. The number of carbonyl (C=O) groups is 2. The number of anilines is 1. The monoisotopic (exact) mass is 515 g/mol. The first-order chi connectivity index (χ1) is 16.8. The highest BCUT2D eigenvalue weighted by molar-refractivity contribution is 7.99. The Balaban J connectivity index is 1.71. The topological polar surface area (TPSA) is 98.1 Å². The number of hydrogen-bond donors (Lipinski definition) is 2. The first-order valence-electron chi connectivity index (χ1n) is 11.4. The first kappa shape index (κ1) is 26.6. The summed E-state index contributed by atoms with van der Waals surface area (Å²) in [5, 5.41) is 15.7. The van der Waals surface area contributed by atoms with Crippen molar-refractivity contribution < 1.29 is 14.3 Å². The highest BCUT2D eigenvalue weighted by Crippen LogP contribution is 2.26. The first-order valence-corrected chi connectivity index (χ1v) is 12.7. The number of benzene rings is 2. The molecule has 0 unspecified atom stereocenters. The number of aromatic nitrogens is 3. The van der Waals surface area contributed by atoms with Gasteiger partial charge in [-0.3, -0.25) is 9.59 Å². The highest BCUT2D eigenvalue weighted by atomic mass is 35.5. The van der Waals surface area contributed by atoms with E-state index >= 15 is 0 Å². The third-order valence-electron chi connectivity index (χ3n) is 5.21. The summed E-state index contributed by atoms with van der Waals surface area (Å²) in [6, 6.07) is 13.7. The van der Waals surface area contributed by atoms with Crippen LogP contribution in [-0.2, 0) is 11.3 Å². The van der Waals surface area contributed by atoms with E-state index in [4.69, 9.17) is 16.3 Å². The molecule has 0 bridgehead atoms. The van der Waals surface area contributed by atoms with E-state index in [9.17, 15) is 9.59 Å². The molecule has 0 saturated carbocycles. The van der Waals surface area contributed by atoms with Crippen LogP contribution in [0.1, 0.15) is 49.4 Å². The summed E-state index contributed by atoms with van der Waals surface area (Å²) in [5.74, 6) is 1.43. The van der Waals surface area contributed by atoms with Gasteiger partial charge in [0.25, 0.3) is 5.91 Å². The molecule has 2 aromatic carbocycles. The van der Waals surface area contributed by atoms with Crippen molar-refractivity contribution >= 4 is 40.9 Å². The van der Waals surface area contributed by atoms with Crippen LogP contribution >= 0.6 is 23.4 Å². The van der Waals surface area contributed by atoms with Crippen LogP contribution in [0.15, 0.2) is 53.7 Å². The van der Waals surface area contributed by atoms with E-state index in [2.05, 4.69) is 34.7 Å². The van der Waals surface area contributed by atoms with Crippen molar-refractivity contribution in [3.8, 4) is 5.75 Å². The quantitative estimate of drug-likeness (QED) is 0.340. The molecule has 1 heterocycles. The van der Waals surface area contributed by atoms with Crippen LogP contribution in [0.4, 0.5) is 5.69 Å². The summed E-state index contributed by atoms with van der Waals surface area (Å²) in [5.41, 5.74) is 1.10. The fourth-order valence-electron chi connectivity index (χ4n) is 3.54. The van der Waals surface area contributed by atoms with Crippen LogP contribution in [-0.4, -0.2) is 39.4 Å². The third kappa shape index (κ3) is 7.22. The van der Waals surface area contributed by atoms with Gasteiger partial charge in [0, 0.05) is 12.2 Å². The number of amides is 2. The second-order valence-corrected chi connectivity index (χ2v) is 9.64. The Morgan fingerprint density at radius 2 is 1.83 bits per heavy atom. The smallest absolute Gasteiger partial charge is 0.253 e. The SMILES string of the molecule is CCn1c(SCC(=O)Nc2ccc(OC)cc2)nnc1[C@H](CC(C)C)NC(=O)c1ccccc1Cl. The molecule has 10 heteroatoms. The Kier molecular flexibility index (Phi) is 9.56. The zero-order valence-electron chi connectivity index (χ0n) is 20.2. The molecular weight excluding hydrogens is 486 g/mol. The maximum absolute atomic E-state index is 12.9. The maximum Gasteiger partial charge on any atom is 0.253 e. The van der Waals surface area contributed by atoms with Crippen LogP contribution in [0.5, 0.6) is 5.75 Å². The van der Waals surface area contributed by atoms with Gasteiger partial charge in [-0.2, -0.15) is 0 Å². The van der Waals surface area contributed by atoms with Gasteiger partial charge in [0.1, 0.15) is 5.75 Å². The molecule has 0 spiro atoms. The van der Waals surface area contributed by atoms with E-state index in [0.717, 1.165) is 5.75 Å². The molecule has 2 N–H and O–H groups in total. The van der Waals surface area contributed by atoms with Gasteiger partial charge in [-0.1, -0.05) is 49.3 Å². The molecule has 1 aromatic heterocycles. The molecule has 0 aliphatic carbocycles. The second-order valence-electron chi connectivity index (χ2n) is 8.29. The number of methoxy groups -OCH3 is 1. The number of thioether (sulfide) groups is 1. The molecule has 0 aliphatic rings. The van der Waals surface area contributed by atoms with E-state index in [1.54, 1.807) is 55.6 Å². The Labute approximate surface area is 214 Å². The molecular formula is C25H30ClN5O3S. The third-order valence-corrected chi connectivity index (χ3v) is 6.51. The van der Waals surface area contributed by atoms with Crippen LogP contribution < -0.4 is 15.4 Å². The molecule has 1 atom stereocenters. The predicted molar refractivity (Wildman–Crippen MR) is 139 cm³/mol. The van der Waals surface area contributed by atoms with Crippen molar-refractivity contribution in [3.63, 3.8) is 0 Å². The number of rotatable bonds is 11. The van der Waals surface area contributed by atoms with Crippen LogP contribution in [0.3, 0.4) is 0 Å². The van der Waals surface area contributed by atoms with Crippen LogP contribution in [0.2, 0.25) is 5.02 Å². The molecule has 0 aliphatic heterocycles. The zero-order valence-corrected chi connectivity index (χ0v) is 21.8. The molecule has 0 saturated heterocycles. The van der Waals surface area contributed by atoms with Gasteiger partial charge in [-0.15, -0.1) is 10.2 Å². The van der Waals surface area contributed by atoms with E-state index < -0.39 is 0 Å². The van der Waals surface area contributed by atoms with Crippen molar-refractivity contribution in [1.82, 2.24) is 20.1 Å². The van der Waals surface area contributed by atoms with Crippen molar-refractivity contribution in [2.24, 2.45) is 5.92 Å². The summed E-state index contributed by atoms with van der Waals surface area (Å²) < 4.78 is 7.07. The lowest BCUT2D eigenvalue weighted by molar-refractivity contribution is -0.113. The Bertz CT molecular complexity index is 1150. The summed E-state index contributed by atoms with van der Waals surface area (Å²) in [4.78, 5) is 25.4. The number of halogens is 1. The summed E-state index contributed by atoms with van der Waals surface area (Å²) in [7, 11) is 1.59. The fraction of sp³-hybridized carbons (Fsp3) is 0.360. The lowest BCUT2D eigenvalue weighted by atomic mass is 10.0. The summed E-state index contributed by atoms with van der Waals surface area (Å²) >= 11 is 7.52. The van der Waals surface area contributed by atoms with Gasteiger partial charge < -0.3 is 19.9 Å². The van der Waals surface area contributed by atoms with Crippen molar-refractivity contribution in [1.29, 1.82) is 0 Å². The summed E-state index contributed by atoms with van der Waals surface area (Å²) in [6.45, 7) is 6.75.